The first-order chi connectivity index (χ1) is 8.16. The first kappa shape index (κ1) is 11.2. The third-order valence-electron chi connectivity index (χ3n) is 3.89. The lowest BCUT2D eigenvalue weighted by molar-refractivity contribution is 0.0839. The summed E-state index contributed by atoms with van der Waals surface area (Å²) < 4.78 is 7.28. The number of ether oxygens (including phenoxy) is 1. The minimum absolute atomic E-state index is 0.428. The van der Waals surface area contributed by atoms with Crippen molar-refractivity contribution in [3.05, 3.63) is 17.5 Å². The summed E-state index contributed by atoms with van der Waals surface area (Å²) in [5.74, 6) is 0.516. The predicted octanol–water partition coefficient (Wildman–Crippen LogP) is 1.38. The predicted molar refractivity (Wildman–Crippen MR) is 63.9 cm³/mol. The lowest BCUT2D eigenvalue weighted by Gasteiger charge is -2.21. The Morgan fingerprint density at radius 3 is 2.82 bits per heavy atom. The molecule has 1 aliphatic carbocycles. The molecular weight excluding hydrogens is 216 g/mol. The van der Waals surface area contributed by atoms with E-state index < -0.39 is 5.60 Å². The number of hydrogen-bond acceptors (Lipinski definition) is 3. The number of aryl methyl sites for hydroxylation is 1. The van der Waals surface area contributed by atoms with Crippen molar-refractivity contribution in [2.45, 2.75) is 43.6 Å². The number of aliphatic hydroxyl groups is 1. The monoisotopic (exact) mass is 236 g/mol. The van der Waals surface area contributed by atoms with Crippen molar-refractivity contribution in [3.63, 3.8) is 0 Å². The van der Waals surface area contributed by atoms with Crippen molar-refractivity contribution >= 4 is 0 Å². The zero-order chi connectivity index (χ0) is 11.9. The van der Waals surface area contributed by atoms with Crippen LogP contribution in [0.25, 0.3) is 0 Å². The third kappa shape index (κ3) is 2.38. The summed E-state index contributed by atoms with van der Waals surface area (Å²) >= 11 is 0. The fourth-order valence-corrected chi connectivity index (χ4v) is 2.68. The maximum absolute atomic E-state index is 10.1. The molecule has 0 atom stereocenters. The molecule has 4 heteroatoms. The second kappa shape index (κ2) is 4.10. The molecule has 1 saturated carbocycles. The van der Waals surface area contributed by atoms with E-state index in [0.717, 1.165) is 45.3 Å². The van der Waals surface area contributed by atoms with Crippen LogP contribution < -0.4 is 0 Å². The van der Waals surface area contributed by atoms with Gasteiger partial charge in [0.05, 0.1) is 11.3 Å². The van der Waals surface area contributed by atoms with Crippen molar-refractivity contribution in [3.8, 4) is 0 Å². The third-order valence-corrected chi connectivity index (χ3v) is 3.89. The number of nitrogens with zero attached hydrogens (tertiary/aromatic N) is 2. The molecular formula is C13H20N2O2. The Kier molecular flexibility index (Phi) is 2.71. The Hall–Kier alpha value is -0.870. The second-order valence-corrected chi connectivity index (χ2v) is 5.50. The first-order valence-electron chi connectivity index (χ1n) is 6.49. The fraction of sp³-hybridized carbons (Fsp3) is 0.769. The molecule has 3 rings (SSSR count). The Labute approximate surface area is 102 Å². The van der Waals surface area contributed by atoms with E-state index in [9.17, 15) is 5.11 Å². The van der Waals surface area contributed by atoms with E-state index in [2.05, 4.69) is 11.3 Å². The largest absolute Gasteiger partial charge is 0.390 e. The van der Waals surface area contributed by atoms with Crippen LogP contribution in [0.4, 0.5) is 0 Å². The summed E-state index contributed by atoms with van der Waals surface area (Å²) in [6.45, 7) is 1.68. The Morgan fingerprint density at radius 1 is 1.47 bits per heavy atom. The Morgan fingerprint density at radius 2 is 2.18 bits per heavy atom. The van der Waals surface area contributed by atoms with Crippen LogP contribution in [0.1, 0.15) is 42.9 Å². The number of hydrogen-bond donors (Lipinski definition) is 1. The van der Waals surface area contributed by atoms with Crippen LogP contribution in [-0.2, 0) is 18.2 Å². The molecule has 0 radical (unpaired) electrons. The van der Waals surface area contributed by atoms with Crippen LogP contribution in [0, 0.1) is 0 Å². The van der Waals surface area contributed by atoms with Gasteiger partial charge < -0.3 is 9.84 Å². The van der Waals surface area contributed by atoms with Crippen molar-refractivity contribution in [2.75, 3.05) is 13.2 Å². The van der Waals surface area contributed by atoms with E-state index in [4.69, 9.17) is 4.74 Å². The molecule has 17 heavy (non-hydrogen) atoms. The molecule has 1 aromatic heterocycles. The van der Waals surface area contributed by atoms with E-state index in [1.165, 1.54) is 11.3 Å². The van der Waals surface area contributed by atoms with Crippen LogP contribution in [0.15, 0.2) is 6.20 Å². The molecule has 1 aromatic rings. The fourth-order valence-electron chi connectivity index (χ4n) is 2.68. The average molecular weight is 236 g/mol. The van der Waals surface area contributed by atoms with Crippen molar-refractivity contribution < 1.29 is 9.84 Å². The molecule has 1 N–H and O–H groups in total. The zero-order valence-corrected chi connectivity index (χ0v) is 10.4. The Bertz CT molecular complexity index is 404. The van der Waals surface area contributed by atoms with Crippen molar-refractivity contribution in [2.24, 2.45) is 7.05 Å². The maximum atomic E-state index is 10.1. The quantitative estimate of drug-likeness (QED) is 0.862. The van der Waals surface area contributed by atoms with E-state index in [1.807, 2.05) is 11.7 Å². The maximum Gasteiger partial charge on any atom is 0.0691 e. The van der Waals surface area contributed by atoms with E-state index >= 15 is 0 Å². The minimum atomic E-state index is -0.428. The highest BCUT2D eigenvalue weighted by Crippen LogP contribution is 2.40. The molecule has 2 aliphatic rings. The first-order valence-corrected chi connectivity index (χ1v) is 6.49. The van der Waals surface area contributed by atoms with Gasteiger partial charge in [-0.25, -0.2) is 0 Å². The van der Waals surface area contributed by atoms with Gasteiger partial charge in [-0.05, 0) is 31.2 Å². The molecule has 1 saturated heterocycles. The van der Waals surface area contributed by atoms with Gasteiger partial charge in [0.25, 0.3) is 0 Å². The Balaban J connectivity index is 1.81. The summed E-state index contributed by atoms with van der Waals surface area (Å²) in [4.78, 5) is 0. The molecule has 4 nitrogen and oxygen atoms in total. The SMILES string of the molecule is Cn1cc(CC2(O)CC2)c(C2CCOCC2)n1. The second-order valence-electron chi connectivity index (χ2n) is 5.50. The molecule has 0 aromatic carbocycles. The molecule has 94 valence electrons. The molecule has 0 bridgehead atoms. The van der Waals surface area contributed by atoms with E-state index in [-0.39, 0.29) is 0 Å². The van der Waals surface area contributed by atoms with Gasteiger partial charge in [0.15, 0.2) is 0 Å². The molecule has 1 aliphatic heterocycles. The van der Waals surface area contributed by atoms with Crippen LogP contribution in [-0.4, -0.2) is 33.7 Å². The van der Waals surface area contributed by atoms with Crippen LogP contribution in [0.5, 0.6) is 0 Å². The molecule has 0 unspecified atom stereocenters. The summed E-state index contributed by atoms with van der Waals surface area (Å²) in [6.07, 6.45) is 6.84. The molecule has 2 fully saturated rings. The van der Waals surface area contributed by atoms with Crippen LogP contribution in [0.2, 0.25) is 0 Å². The summed E-state index contributed by atoms with van der Waals surface area (Å²) in [7, 11) is 1.96. The van der Waals surface area contributed by atoms with Gasteiger partial charge >= 0.3 is 0 Å². The normalized spacial score (nSPS) is 23.9. The number of aromatic nitrogens is 2. The van der Waals surface area contributed by atoms with Gasteiger partial charge in [-0.3, -0.25) is 4.68 Å². The van der Waals surface area contributed by atoms with Crippen LogP contribution in [0.3, 0.4) is 0 Å². The van der Waals surface area contributed by atoms with Crippen molar-refractivity contribution in [1.29, 1.82) is 0 Å². The summed E-state index contributed by atoms with van der Waals surface area (Å²) in [6, 6.07) is 0. The minimum Gasteiger partial charge on any atom is -0.390 e. The van der Waals surface area contributed by atoms with Gasteiger partial charge in [0, 0.05) is 38.8 Å². The zero-order valence-electron chi connectivity index (χ0n) is 10.4. The van der Waals surface area contributed by atoms with Gasteiger partial charge in [-0.2, -0.15) is 5.10 Å². The van der Waals surface area contributed by atoms with Gasteiger partial charge in [0.2, 0.25) is 0 Å². The summed E-state index contributed by atoms with van der Waals surface area (Å²) in [5.41, 5.74) is 2.00. The molecule has 2 heterocycles. The smallest absolute Gasteiger partial charge is 0.0691 e. The van der Waals surface area contributed by atoms with Crippen molar-refractivity contribution in [1.82, 2.24) is 9.78 Å². The van der Waals surface area contributed by atoms with Crippen LogP contribution >= 0.6 is 0 Å². The summed E-state index contributed by atoms with van der Waals surface area (Å²) in [5, 5.41) is 14.6. The standard InChI is InChI=1S/C13H20N2O2/c1-15-9-11(8-13(16)4-5-13)12(14-15)10-2-6-17-7-3-10/h9-10,16H,2-8H2,1H3. The topological polar surface area (TPSA) is 47.3 Å². The lowest BCUT2D eigenvalue weighted by Crippen LogP contribution is -2.18. The highest BCUT2D eigenvalue weighted by molar-refractivity contribution is 5.25. The molecule has 0 amide bonds. The molecule has 0 spiro atoms. The lowest BCUT2D eigenvalue weighted by atomic mass is 9.92. The highest BCUT2D eigenvalue weighted by Gasteiger charge is 2.41. The average Bonchev–Trinajstić information content (AvgIpc) is 2.93. The van der Waals surface area contributed by atoms with E-state index in [1.54, 1.807) is 0 Å². The van der Waals surface area contributed by atoms with Gasteiger partial charge in [0.1, 0.15) is 0 Å². The highest BCUT2D eigenvalue weighted by atomic mass is 16.5. The van der Waals surface area contributed by atoms with E-state index in [0.29, 0.717) is 5.92 Å². The number of rotatable bonds is 3. The van der Waals surface area contributed by atoms with Gasteiger partial charge in [-0.15, -0.1) is 0 Å². The van der Waals surface area contributed by atoms with Gasteiger partial charge in [-0.1, -0.05) is 0 Å².